The van der Waals surface area contributed by atoms with Crippen molar-refractivity contribution in [3.05, 3.63) is 47.2 Å². The summed E-state index contributed by atoms with van der Waals surface area (Å²) >= 11 is 1.05. The smallest absolute Gasteiger partial charge is 0.311 e. The van der Waals surface area contributed by atoms with E-state index in [-0.39, 0.29) is 21.9 Å². The molecule has 0 atom stereocenters. The number of carbonyl (C=O) groups is 1. The van der Waals surface area contributed by atoms with Crippen LogP contribution in [0.4, 0.5) is 5.69 Å². The molecular formula is C19H20N4O4S2. The molecule has 1 aliphatic rings. The number of hydrogen-bond donors (Lipinski definition) is 1. The first-order valence-electron chi connectivity index (χ1n) is 9.23. The van der Waals surface area contributed by atoms with Crippen molar-refractivity contribution in [3.8, 4) is 11.5 Å². The van der Waals surface area contributed by atoms with E-state index in [0.29, 0.717) is 24.3 Å². The topological polar surface area (TPSA) is 105 Å². The highest BCUT2D eigenvalue weighted by Gasteiger charge is 2.25. The van der Waals surface area contributed by atoms with Gasteiger partial charge in [-0.3, -0.25) is 9.52 Å². The molecule has 10 heteroatoms. The third-order valence-corrected chi connectivity index (χ3v) is 7.43. The van der Waals surface area contributed by atoms with E-state index in [1.165, 1.54) is 6.07 Å². The number of anilines is 1. The van der Waals surface area contributed by atoms with Crippen molar-refractivity contribution in [3.63, 3.8) is 0 Å². The van der Waals surface area contributed by atoms with E-state index in [4.69, 9.17) is 4.42 Å². The van der Waals surface area contributed by atoms with Gasteiger partial charge in [0.25, 0.3) is 10.0 Å². The van der Waals surface area contributed by atoms with E-state index in [1.54, 1.807) is 28.5 Å². The lowest BCUT2D eigenvalue weighted by atomic mass is 10.1. The number of aryl methyl sites for hydroxylation is 1. The predicted molar refractivity (Wildman–Crippen MR) is 109 cm³/mol. The van der Waals surface area contributed by atoms with Gasteiger partial charge in [0.2, 0.25) is 5.89 Å². The summed E-state index contributed by atoms with van der Waals surface area (Å²) in [6.45, 7) is 3.25. The molecule has 8 nitrogen and oxygen atoms in total. The minimum absolute atomic E-state index is 0.0737. The van der Waals surface area contributed by atoms with E-state index >= 15 is 0 Å². The molecule has 1 aromatic carbocycles. The molecule has 3 heterocycles. The maximum atomic E-state index is 12.6. The van der Waals surface area contributed by atoms with Gasteiger partial charge in [-0.25, -0.2) is 8.42 Å². The number of piperidine rings is 1. The van der Waals surface area contributed by atoms with Crippen molar-refractivity contribution >= 4 is 33.0 Å². The molecule has 152 valence electrons. The van der Waals surface area contributed by atoms with E-state index in [2.05, 4.69) is 14.9 Å². The van der Waals surface area contributed by atoms with Crippen LogP contribution >= 0.6 is 11.3 Å². The molecule has 0 unspecified atom stereocenters. The minimum atomic E-state index is -3.74. The van der Waals surface area contributed by atoms with Gasteiger partial charge in [0.1, 0.15) is 4.21 Å². The molecule has 0 bridgehead atoms. The number of aromatic nitrogens is 2. The molecule has 0 spiro atoms. The van der Waals surface area contributed by atoms with Gasteiger partial charge >= 0.3 is 11.8 Å². The molecule has 0 saturated carbocycles. The van der Waals surface area contributed by atoms with Crippen molar-refractivity contribution in [1.29, 1.82) is 0 Å². The number of thiophene rings is 1. The summed E-state index contributed by atoms with van der Waals surface area (Å²) in [6.07, 6.45) is 3.04. The van der Waals surface area contributed by atoms with Gasteiger partial charge < -0.3 is 9.32 Å². The van der Waals surface area contributed by atoms with Gasteiger partial charge in [0.05, 0.1) is 5.56 Å². The number of likely N-dealkylation sites (tertiary alicyclic amines) is 1. The second-order valence-corrected chi connectivity index (χ2v) is 9.72. The molecule has 0 aliphatic carbocycles. The number of rotatable bonds is 5. The highest BCUT2D eigenvalue weighted by atomic mass is 32.2. The lowest BCUT2D eigenvalue weighted by Gasteiger charge is -2.24. The normalized spacial score (nSPS) is 14.7. The van der Waals surface area contributed by atoms with Crippen LogP contribution < -0.4 is 4.72 Å². The zero-order valence-corrected chi connectivity index (χ0v) is 17.4. The number of amides is 1. The van der Waals surface area contributed by atoms with Gasteiger partial charge in [-0.05, 0) is 49.9 Å². The summed E-state index contributed by atoms with van der Waals surface area (Å²) < 4.78 is 33.5. The standard InChI is InChI=1S/C19H20N4O4S2/c1-13-6-5-7-15(10-13)22-29(25,26)16-11-14(12-28-16)17-20-21-18(27-17)19(24)23-8-3-2-4-9-23/h5-7,10-12,22H,2-4,8-9H2,1H3. The Kier molecular flexibility index (Phi) is 5.37. The SMILES string of the molecule is Cc1cccc(NS(=O)(=O)c2cc(-c3nnc(C(=O)N4CCCCC4)o3)cs2)c1. The Balaban J connectivity index is 1.51. The van der Waals surface area contributed by atoms with Crippen molar-refractivity contribution in [1.82, 2.24) is 15.1 Å². The van der Waals surface area contributed by atoms with Crippen LogP contribution in [0, 0.1) is 6.92 Å². The summed E-state index contributed by atoms with van der Waals surface area (Å²) in [5, 5.41) is 9.39. The van der Waals surface area contributed by atoms with Gasteiger partial charge in [0.15, 0.2) is 0 Å². The molecule has 1 aliphatic heterocycles. The second-order valence-electron chi connectivity index (χ2n) is 6.89. The molecule has 3 aromatic rings. The molecule has 1 fully saturated rings. The number of benzene rings is 1. The highest BCUT2D eigenvalue weighted by Crippen LogP contribution is 2.29. The Hall–Kier alpha value is -2.72. The Labute approximate surface area is 172 Å². The maximum absolute atomic E-state index is 12.6. The molecule has 2 aromatic heterocycles. The average Bonchev–Trinajstić information content (AvgIpc) is 3.38. The summed E-state index contributed by atoms with van der Waals surface area (Å²) in [6, 6.07) is 8.58. The lowest BCUT2D eigenvalue weighted by Crippen LogP contribution is -2.35. The number of sulfonamides is 1. The second kappa shape index (κ2) is 7.96. The fourth-order valence-corrected chi connectivity index (χ4v) is 5.35. The van der Waals surface area contributed by atoms with E-state index in [1.807, 2.05) is 13.0 Å². The van der Waals surface area contributed by atoms with Crippen LogP contribution in [0.25, 0.3) is 11.5 Å². The third kappa shape index (κ3) is 4.33. The van der Waals surface area contributed by atoms with Gasteiger partial charge in [0, 0.05) is 24.2 Å². The van der Waals surface area contributed by atoms with Crippen LogP contribution in [0.15, 0.2) is 44.3 Å². The third-order valence-electron chi connectivity index (χ3n) is 4.61. The van der Waals surface area contributed by atoms with Crippen LogP contribution in [0.2, 0.25) is 0 Å². The van der Waals surface area contributed by atoms with Gasteiger partial charge in [-0.15, -0.1) is 21.5 Å². The Morgan fingerprint density at radius 2 is 1.97 bits per heavy atom. The van der Waals surface area contributed by atoms with E-state index in [9.17, 15) is 13.2 Å². The van der Waals surface area contributed by atoms with Crippen molar-refractivity contribution in [2.75, 3.05) is 17.8 Å². The largest absolute Gasteiger partial charge is 0.412 e. The van der Waals surface area contributed by atoms with E-state index < -0.39 is 10.0 Å². The van der Waals surface area contributed by atoms with Gasteiger partial charge in [-0.2, -0.15) is 0 Å². The van der Waals surface area contributed by atoms with Crippen LogP contribution in [0.3, 0.4) is 0 Å². The predicted octanol–water partition coefficient (Wildman–Crippen LogP) is 3.53. The highest BCUT2D eigenvalue weighted by molar-refractivity contribution is 7.94. The molecule has 29 heavy (non-hydrogen) atoms. The summed E-state index contributed by atoms with van der Waals surface area (Å²) in [4.78, 5) is 14.2. The molecule has 4 rings (SSSR count). The van der Waals surface area contributed by atoms with Crippen molar-refractivity contribution in [2.24, 2.45) is 0 Å². The maximum Gasteiger partial charge on any atom is 0.311 e. The lowest BCUT2D eigenvalue weighted by molar-refractivity contribution is 0.0684. The molecule has 1 N–H and O–H groups in total. The Morgan fingerprint density at radius 3 is 2.72 bits per heavy atom. The number of nitrogens with zero attached hydrogens (tertiary/aromatic N) is 3. The number of nitrogens with one attached hydrogen (secondary N) is 1. The van der Waals surface area contributed by atoms with Crippen molar-refractivity contribution < 1.29 is 17.6 Å². The fraction of sp³-hybridized carbons (Fsp3) is 0.316. The zero-order valence-electron chi connectivity index (χ0n) is 15.8. The summed E-state index contributed by atoms with van der Waals surface area (Å²) in [5.74, 6) is -0.235. The molecular weight excluding hydrogens is 412 g/mol. The van der Waals surface area contributed by atoms with Crippen LogP contribution in [0.5, 0.6) is 0 Å². The minimum Gasteiger partial charge on any atom is -0.412 e. The zero-order chi connectivity index (χ0) is 20.4. The summed E-state index contributed by atoms with van der Waals surface area (Å²) in [5.41, 5.74) is 1.91. The van der Waals surface area contributed by atoms with Gasteiger partial charge in [-0.1, -0.05) is 12.1 Å². The van der Waals surface area contributed by atoms with Crippen LogP contribution in [0.1, 0.15) is 35.5 Å². The molecule has 0 radical (unpaired) electrons. The van der Waals surface area contributed by atoms with Crippen molar-refractivity contribution in [2.45, 2.75) is 30.4 Å². The quantitative estimate of drug-likeness (QED) is 0.661. The van der Waals surface area contributed by atoms with Crippen LogP contribution in [-0.4, -0.2) is 42.5 Å². The molecule has 1 saturated heterocycles. The molecule has 1 amide bonds. The number of carbonyl (C=O) groups excluding carboxylic acids is 1. The van der Waals surface area contributed by atoms with Crippen LogP contribution in [-0.2, 0) is 10.0 Å². The first-order chi connectivity index (χ1) is 13.9. The first kappa shape index (κ1) is 19.6. The average molecular weight is 433 g/mol. The Morgan fingerprint density at radius 1 is 1.17 bits per heavy atom. The van der Waals surface area contributed by atoms with E-state index in [0.717, 1.165) is 36.2 Å². The monoisotopic (exact) mass is 432 g/mol. The fourth-order valence-electron chi connectivity index (χ4n) is 3.14. The first-order valence-corrected chi connectivity index (χ1v) is 11.6. The Bertz CT molecular complexity index is 1130. The summed E-state index contributed by atoms with van der Waals surface area (Å²) in [7, 11) is -3.74. The number of hydrogen-bond acceptors (Lipinski definition) is 7.